The van der Waals surface area contributed by atoms with E-state index in [1.807, 2.05) is 24.3 Å². The van der Waals surface area contributed by atoms with Gasteiger partial charge in [0, 0.05) is 23.1 Å². The molecule has 2 aromatic carbocycles. The lowest BCUT2D eigenvalue weighted by Crippen LogP contribution is -2.13. The molecule has 0 aliphatic rings. The van der Waals surface area contributed by atoms with Gasteiger partial charge < -0.3 is 14.8 Å². The molecule has 0 saturated heterocycles. The Morgan fingerprint density at radius 3 is 2.65 bits per heavy atom. The van der Waals surface area contributed by atoms with Crippen molar-refractivity contribution in [3.05, 3.63) is 47.5 Å². The van der Waals surface area contributed by atoms with Gasteiger partial charge in [0.1, 0.15) is 11.5 Å². The van der Waals surface area contributed by atoms with Gasteiger partial charge >= 0.3 is 0 Å². The lowest BCUT2D eigenvalue weighted by molar-refractivity contribution is -0.115. The molecule has 1 N–H and O–H groups in total. The van der Waals surface area contributed by atoms with E-state index in [9.17, 15) is 4.79 Å². The van der Waals surface area contributed by atoms with Crippen molar-refractivity contribution in [2.75, 3.05) is 25.3 Å². The van der Waals surface area contributed by atoms with Crippen LogP contribution in [-0.2, 0) is 4.79 Å². The van der Waals surface area contributed by atoms with Gasteiger partial charge in [0.15, 0.2) is 0 Å². The third kappa shape index (κ3) is 5.08. The normalized spacial score (nSPS) is 10.2. The predicted octanol–water partition coefficient (Wildman–Crippen LogP) is 4.48. The number of anilines is 1. The van der Waals surface area contributed by atoms with E-state index >= 15 is 0 Å². The second-order valence-electron chi connectivity index (χ2n) is 4.64. The molecule has 0 heterocycles. The Kier molecular flexibility index (Phi) is 6.62. The maximum atomic E-state index is 12.1. The number of halogens is 1. The summed E-state index contributed by atoms with van der Waals surface area (Å²) in [5, 5.41) is 3.55. The van der Waals surface area contributed by atoms with Crippen molar-refractivity contribution in [2.45, 2.75) is 11.3 Å². The van der Waals surface area contributed by atoms with Crippen LogP contribution in [0.15, 0.2) is 47.4 Å². The minimum Gasteiger partial charge on any atom is -0.497 e. The number of methoxy groups -OCH3 is 2. The van der Waals surface area contributed by atoms with Crippen molar-refractivity contribution in [1.82, 2.24) is 0 Å². The maximum absolute atomic E-state index is 12.1. The first-order valence-electron chi connectivity index (χ1n) is 7.03. The molecular weight excluding hydrogens is 334 g/mol. The van der Waals surface area contributed by atoms with Crippen LogP contribution in [-0.4, -0.2) is 25.9 Å². The standard InChI is InChI=1S/C17H18ClNO3S/c1-21-12-7-8-15(22-2)14(11-12)19-17(20)9-10-23-16-6-4-3-5-13(16)18/h3-8,11H,9-10H2,1-2H3,(H,19,20). The van der Waals surface area contributed by atoms with Crippen LogP contribution in [0.25, 0.3) is 0 Å². The molecule has 4 nitrogen and oxygen atoms in total. The van der Waals surface area contributed by atoms with Crippen LogP contribution in [0, 0.1) is 0 Å². The zero-order valence-electron chi connectivity index (χ0n) is 13.0. The van der Waals surface area contributed by atoms with Gasteiger partial charge in [-0.25, -0.2) is 0 Å². The topological polar surface area (TPSA) is 47.6 Å². The van der Waals surface area contributed by atoms with Gasteiger partial charge in [0.05, 0.1) is 24.9 Å². The zero-order chi connectivity index (χ0) is 16.7. The minimum absolute atomic E-state index is 0.0869. The Bertz CT molecular complexity index is 679. The van der Waals surface area contributed by atoms with Crippen molar-refractivity contribution >= 4 is 35.0 Å². The second-order valence-corrected chi connectivity index (χ2v) is 6.19. The number of amides is 1. The maximum Gasteiger partial charge on any atom is 0.225 e. The lowest BCUT2D eigenvalue weighted by Gasteiger charge is -2.11. The highest BCUT2D eigenvalue weighted by Crippen LogP contribution is 2.30. The molecule has 2 rings (SSSR count). The number of hydrogen-bond donors (Lipinski definition) is 1. The van der Waals surface area contributed by atoms with Crippen molar-refractivity contribution in [3.8, 4) is 11.5 Å². The highest BCUT2D eigenvalue weighted by atomic mass is 35.5. The number of rotatable bonds is 7. The largest absolute Gasteiger partial charge is 0.497 e. The summed E-state index contributed by atoms with van der Waals surface area (Å²) in [6, 6.07) is 12.9. The summed E-state index contributed by atoms with van der Waals surface area (Å²) in [6.45, 7) is 0. The third-order valence-corrected chi connectivity index (χ3v) is 4.62. The van der Waals surface area contributed by atoms with Gasteiger partial charge in [-0.15, -0.1) is 11.8 Å². The molecule has 0 aliphatic carbocycles. The second kappa shape index (κ2) is 8.70. The van der Waals surface area contributed by atoms with Crippen LogP contribution < -0.4 is 14.8 Å². The number of nitrogens with one attached hydrogen (secondary N) is 1. The van der Waals surface area contributed by atoms with E-state index in [0.29, 0.717) is 34.4 Å². The number of ether oxygens (including phenoxy) is 2. The first-order chi connectivity index (χ1) is 11.1. The van der Waals surface area contributed by atoms with E-state index in [-0.39, 0.29) is 5.91 Å². The van der Waals surface area contributed by atoms with Gasteiger partial charge in [-0.1, -0.05) is 23.7 Å². The molecule has 0 spiro atoms. The number of benzene rings is 2. The molecule has 0 bridgehead atoms. The number of carbonyl (C=O) groups is 1. The fourth-order valence-electron chi connectivity index (χ4n) is 1.94. The summed E-state index contributed by atoms with van der Waals surface area (Å²) in [4.78, 5) is 13.1. The van der Waals surface area contributed by atoms with Crippen molar-refractivity contribution in [2.24, 2.45) is 0 Å². The SMILES string of the molecule is COc1ccc(OC)c(NC(=O)CCSc2ccccc2Cl)c1. The van der Waals surface area contributed by atoms with Crippen molar-refractivity contribution < 1.29 is 14.3 Å². The summed E-state index contributed by atoms with van der Waals surface area (Å²) in [6.07, 6.45) is 0.371. The summed E-state index contributed by atoms with van der Waals surface area (Å²) in [7, 11) is 3.14. The smallest absolute Gasteiger partial charge is 0.225 e. The highest BCUT2D eigenvalue weighted by molar-refractivity contribution is 7.99. The van der Waals surface area contributed by atoms with Crippen LogP contribution in [0.2, 0.25) is 5.02 Å². The molecule has 0 atom stereocenters. The number of hydrogen-bond acceptors (Lipinski definition) is 4. The van der Waals surface area contributed by atoms with Crippen LogP contribution in [0.3, 0.4) is 0 Å². The molecule has 23 heavy (non-hydrogen) atoms. The van der Waals surface area contributed by atoms with Gasteiger partial charge in [0.2, 0.25) is 5.91 Å². The first kappa shape index (κ1) is 17.5. The summed E-state index contributed by atoms with van der Waals surface area (Å²) in [5.74, 6) is 1.81. The van der Waals surface area contributed by atoms with Crippen LogP contribution in [0.4, 0.5) is 5.69 Å². The number of thioether (sulfide) groups is 1. The monoisotopic (exact) mass is 351 g/mol. The fourth-order valence-corrected chi connectivity index (χ4v) is 3.13. The average molecular weight is 352 g/mol. The van der Waals surface area contributed by atoms with E-state index in [1.54, 1.807) is 44.2 Å². The first-order valence-corrected chi connectivity index (χ1v) is 8.39. The Balaban J connectivity index is 1.91. The Morgan fingerprint density at radius 1 is 1.17 bits per heavy atom. The van der Waals surface area contributed by atoms with Crippen LogP contribution >= 0.6 is 23.4 Å². The quantitative estimate of drug-likeness (QED) is 0.747. The summed E-state index contributed by atoms with van der Waals surface area (Å²) in [5.41, 5.74) is 0.597. The van der Waals surface area contributed by atoms with E-state index < -0.39 is 0 Å². The molecule has 122 valence electrons. The molecule has 6 heteroatoms. The Morgan fingerprint density at radius 2 is 1.96 bits per heavy atom. The molecule has 1 amide bonds. The van der Waals surface area contributed by atoms with Gasteiger partial charge in [-0.3, -0.25) is 4.79 Å². The molecule has 0 aromatic heterocycles. The number of carbonyl (C=O) groups excluding carboxylic acids is 1. The minimum atomic E-state index is -0.0869. The molecule has 2 aromatic rings. The summed E-state index contributed by atoms with van der Waals surface area (Å²) >= 11 is 7.65. The molecule has 0 unspecified atom stereocenters. The Hall–Kier alpha value is -1.85. The van der Waals surface area contributed by atoms with E-state index in [4.69, 9.17) is 21.1 Å². The average Bonchev–Trinajstić information content (AvgIpc) is 2.56. The fraction of sp³-hybridized carbons (Fsp3) is 0.235. The van der Waals surface area contributed by atoms with E-state index in [2.05, 4.69) is 5.32 Å². The van der Waals surface area contributed by atoms with Crippen molar-refractivity contribution in [1.29, 1.82) is 0 Å². The molecular formula is C17H18ClNO3S. The van der Waals surface area contributed by atoms with Gasteiger partial charge in [-0.05, 0) is 24.3 Å². The van der Waals surface area contributed by atoms with Crippen molar-refractivity contribution in [3.63, 3.8) is 0 Å². The zero-order valence-corrected chi connectivity index (χ0v) is 14.5. The predicted molar refractivity (Wildman–Crippen MR) is 95.0 cm³/mol. The highest BCUT2D eigenvalue weighted by Gasteiger charge is 2.09. The van der Waals surface area contributed by atoms with Crippen LogP contribution in [0.5, 0.6) is 11.5 Å². The molecule has 0 saturated carbocycles. The van der Waals surface area contributed by atoms with Gasteiger partial charge in [-0.2, -0.15) is 0 Å². The van der Waals surface area contributed by atoms with E-state index in [0.717, 1.165) is 4.90 Å². The molecule has 0 aliphatic heterocycles. The summed E-state index contributed by atoms with van der Waals surface area (Å²) < 4.78 is 10.4. The third-order valence-electron chi connectivity index (χ3n) is 3.10. The molecule has 0 fully saturated rings. The van der Waals surface area contributed by atoms with Gasteiger partial charge in [0.25, 0.3) is 0 Å². The van der Waals surface area contributed by atoms with E-state index in [1.165, 1.54) is 0 Å². The molecule has 0 radical (unpaired) electrons. The lowest BCUT2D eigenvalue weighted by atomic mass is 10.2. The Labute approximate surface area is 145 Å². The van der Waals surface area contributed by atoms with Crippen LogP contribution in [0.1, 0.15) is 6.42 Å².